The van der Waals surface area contributed by atoms with E-state index in [1.165, 1.54) is 12.0 Å². The van der Waals surface area contributed by atoms with Crippen molar-refractivity contribution in [1.82, 2.24) is 5.16 Å². The molecule has 0 amide bonds. The Morgan fingerprint density at radius 2 is 1.57 bits per heavy atom. The van der Waals surface area contributed by atoms with Crippen LogP contribution >= 0.6 is 0 Å². The summed E-state index contributed by atoms with van der Waals surface area (Å²) in [6, 6.07) is 27.3. The molecule has 0 bridgehead atoms. The van der Waals surface area contributed by atoms with Gasteiger partial charge < -0.3 is 9.63 Å². The third kappa shape index (κ3) is 5.91. The molecular formula is C33H33NO3. The van der Waals surface area contributed by atoms with E-state index in [9.17, 15) is 9.90 Å². The van der Waals surface area contributed by atoms with E-state index in [-0.39, 0.29) is 11.8 Å². The largest absolute Gasteiger partial charge is 0.481 e. The molecule has 0 radical (unpaired) electrons. The molecule has 5 rings (SSSR count). The highest BCUT2D eigenvalue weighted by Gasteiger charge is 2.45. The lowest BCUT2D eigenvalue weighted by molar-refractivity contribution is -0.137. The van der Waals surface area contributed by atoms with Crippen LogP contribution in [0.15, 0.2) is 89.5 Å². The molecule has 1 fully saturated rings. The number of hydrogen-bond acceptors (Lipinski definition) is 3. The zero-order valence-electron chi connectivity index (χ0n) is 21.3. The van der Waals surface area contributed by atoms with Crippen LogP contribution < -0.4 is 0 Å². The van der Waals surface area contributed by atoms with Gasteiger partial charge >= 0.3 is 5.97 Å². The maximum Gasteiger partial charge on any atom is 0.304 e. The molecule has 3 aromatic carbocycles. The molecule has 1 saturated carbocycles. The minimum absolute atomic E-state index is 0.163. The summed E-state index contributed by atoms with van der Waals surface area (Å²) in [5.74, 6) is 0.0707. The average molecular weight is 492 g/mol. The van der Waals surface area contributed by atoms with Gasteiger partial charge in [-0.2, -0.15) is 0 Å². The molecule has 1 heterocycles. The lowest BCUT2D eigenvalue weighted by Crippen LogP contribution is -2.12. The lowest BCUT2D eigenvalue weighted by Gasteiger charge is -2.13. The fourth-order valence-corrected chi connectivity index (χ4v) is 5.06. The Bertz CT molecular complexity index is 1360. The Balaban J connectivity index is 1.21. The van der Waals surface area contributed by atoms with Crippen LogP contribution in [0.2, 0.25) is 0 Å². The SMILES string of the molecule is Cc1noc(-c2ccc(-c3ccc(C4(CC(=O)O)CC4)cc3)cc2)c1/C=C\CCCCc1ccccc1. The molecule has 0 saturated heterocycles. The van der Waals surface area contributed by atoms with Crippen LogP contribution in [-0.2, 0) is 16.6 Å². The Hall–Kier alpha value is -3.92. The molecule has 0 aliphatic heterocycles. The second kappa shape index (κ2) is 11.0. The Morgan fingerprint density at radius 3 is 2.22 bits per heavy atom. The number of unbranched alkanes of at least 4 members (excludes halogenated alkanes) is 2. The second-order valence-electron chi connectivity index (χ2n) is 10.2. The minimum atomic E-state index is -0.725. The number of allylic oxidation sites excluding steroid dienone is 1. The van der Waals surface area contributed by atoms with E-state index in [1.54, 1.807) is 0 Å². The first-order chi connectivity index (χ1) is 18.0. The average Bonchev–Trinajstić information content (AvgIpc) is 3.60. The lowest BCUT2D eigenvalue weighted by atomic mass is 9.91. The summed E-state index contributed by atoms with van der Waals surface area (Å²) in [6.07, 6.45) is 10.9. The van der Waals surface area contributed by atoms with E-state index in [0.717, 1.165) is 71.4 Å². The Morgan fingerprint density at radius 1 is 0.919 bits per heavy atom. The van der Waals surface area contributed by atoms with E-state index < -0.39 is 5.97 Å². The van der Waals surface area contributed by atoms with Crippen LogP contribution in [0.25, 0.3) is 28.5 Å². The van der Waals surface area contributed by atoms with E-state index in [1.807, 2.05) is 6.92 Å². The van der Waals surface area contributed by atoms with Crippen LogP contribution in [0.5, 0.6) is 0 Å². The Kier molecular flexibility index (Phi) is 7.36. The molecule has 37 heavy (non-hydrogen) atoms. The molecule has 0 unspecified atom stereocenters. The third-order valence-corrected chi connectivity index (χ3v) is 7.44. The maximum atomic E-state index is 11.2. The molecule has 1 aromatic heterocycles. The number of carboxylic acids is 1. The summed E-state index contributed by atoms with van der Waals surface area (Å²) in [5.41, 5.74) is 7.53. The number of nitrogens with zero attached hydrogens (tertiary/aromatic N) is 1. The van der Waals surface area contributed by atoms with Crippen molar-refractivity contribution >= 4 is 12.0 Å². The molecule has 1 aliphatic carbocycles. The molecule has 4 aromatic rings. The molecule has 1 N–H and O–H groups in total. The molecule has 1 aliphatic rings. The zero-order valence-corrected chi connectivity index (χ0v) is 21.3. The highest BCUT2D eigenvalue weighted by molar-refractivity contribution is 5.75. The van der Waals surface area contributed by atoms with Crippen molar-refractivity contribution in [3.8, 4) is 22.5 Å². The van der Waals surface area contributed by atoms with Gasteiger partial charge in [0, 0.05) is 16.5 Å². The van der Waals surface area contributed by atoms with Crippen LogP contribution in [0.1, 0.15) is 60.9 Å². The topological polar surface area (TPSA) is 63.3 Å². The molecule has 188 valence electrons. The number of rotatable bonds is 11. The number of aromatic nitrogens is 1. The smallest absolute Gasteiger partial charge is 0.304 e. The molecule has 0 atom stereocenters. The van der Waals surface area contributed by atoms with Gasteiger partial charge in [0.1, 0.15) is 0 Å². The summed E-state index contributed by atoms with van der Waals surface area (Å²) in [7, 11) is 0. The van der Waals surface area contributed by atoms with Crippen LogP contribution in [0.4, 0.5) is 0 Å². The van der Waals surface area contributed by atoms with E-state index in [2.05, 4.69) is 96.2 Å². The van der Waals surface area contributed by atoms with Crippen LogP contribution in [-0.4, -0.2) is 16.2 Å². The Labute approximate surface area is 218 Å². The maximum absolute atomic E-state index is 11.2. The first-order valence-electron chi connectivity index (χ1n) is 13.1. The van der Waals surface area contributed by atoms with Gasteiger partial charge in [0.2, 0.25) is 0 Å². The number of aliphatic carboxylic acids is 1. The van der Waals surface area contributed by atoms with Crippen molar-refractivity contribution in [2.75, 3.05) is 0 Å². The van der Waals surface area contributed by atoms with Gasteiger partial charge in [-0.05, 0) is 67.7 Å². The fraction of sp³-hybridized carbons (Fsp3) is 0.273. The van der Waals surface area contributed by atoms with Gasteiger partial charge in [-0.25, -0.2) is 0 Å². The molecule has 4 nitrogen and oxygen atoms in total. The third-order valence-electron chi connectivity index (χ3n) is 7.44. The number of carboxylic acid groups (broad SMARTS) is 1. The predicted molar refractivity (Wildman–Crippen MR) is 148 cm³/mol. The van der Waals surface area contributed by atoms with E-state index in [4.69, 9.17) is 4.52 Å². The van der Waals surface area contributed by atoms with E-state index >= 15 is 0 Å². The molecular weight excluding hydrogens is 458 g/mol. The van der Waals surface area contributed by atoms with Crippen molar-refractivity contribution in [2.24, 2.45) is 0 Å². The first kappa shape index (κ1) is 24.8. The highest BCUT2D eigenvalue weighted by atomic mass is 16.5. The van der Waals surface area contributed by atoms with Gasteiger partial charge in [-0.15, -0.1) is 0 Å². The van der Waals surface area contributed by atoms with Crippen molar-refractivity contribution in [1.29, 1.82) is 0 Å². The summed E-state index contributed by atoms with van der Waals surface area (Å²) in [6.45, 7) is 1.98. The number of benzene rings is 3. The van der Waals surface area contributed by atoms with Crippen molar-refractivity contribution in [2.45, 2.75) is 57.3 Å². The number of carbonyl (C=O) groups is 1. The van der Waals surface area contributed by atoms with Gasteiger partial charge in [0.15, 0.2) is 5.76 Å². The van der Waals surface area contributed by atoms with Crippen molar-refractivity contribution in [3.05, 3.63) is 107 Å². The van der Waals surface area contributed by atoms with Crippen molar-refractivity contribution in [3.63, 3.8) is 0 Å². The monoisotopic (exact) mass is 491 g/mol. The van der Waals surface area contributed by atoms with Crippen LogP contribution in [0, 0.1) is 6.92 Å². The number of aryl methyl sites for hydroxylation is 2. The summed E-state index contributed by atoms with van der Waals surface area (Å²) in [4.78, 5) is 11.2. The van der Waals surface area contributed by atoms with E-state index in [0.29, 0.717) is 0 Å². The van der Waals surface area contributed by atoms with Gasteiger partial charge in [0.25, 0.3) is 0 Å². The first-order valence-corrected chi connectivity index (χ1v) is 13.1. The van der Waals surface area contributed by atoms with Gasteiger partial charge in [0.05, 0.1) is 12.1 Å². The second-order valence-corrected chi connectivity index (χ2v) is 10.2. The number of hydrogen-bond donors (Lipinski definition) is 1. The fourth-order valence-electron chi connectivity index (χ4n) is 5.06. The minimum Gasteiger partial charge on any atom is -0.481 e. The summed E-state index contributed by atoms with van der Waals surface area (Å²) in [5, 5.41) is 13.4. The van der Waals surface area contributed by atoms with Gasteiger partial charge in [-0.1, -0.05) is 96.2 Å². The zero-order chi connectivity index (χ0) is 25.7. The quantitative estimate of drug-likeness (QED) is 0.215. The predicted octanol–water partition coefficient (Wildman–Crippen LogP) is 8.25. The highest BCUT2D eigenvalue weighted by Crippen LogP contribution is 2.51. The normalized spacial score (nSPS) is 14.2. The van der Waals surface area contributed by atoms with Gasteiger partial charge in [-0.3, -0.25) is 4.79 Å². The van der Waals surface area contributed by atoms with Crippen molar-refractivity contribution < 1.29 is 14.4 Å². The summed E-state index contributed by atoms with van der Waals surface area (Å²) < 4.78 is 5.71. The molecule has 0 spiro atoms. The van der Waals surface area contributed by atoms with Crippen LogP contribution in [0.3, 0.4) is 0 Å². The standard InChI is InChI=1S/C33H33NO3/c1-24-30(12-8-3-2-5-9-25-10-6-4-7-11-25)32(37-34-24)28-15-13-26(14-16-28)27-17-19-29(20-18-27)33(21-22-33)23-31(35)36/h4,6-8,10-20H,2-3,5,9,21-23H2,1H3,(H,35,36)/b12-8-. The summed E-state index contributed by atoms with van der Waals surface area (Å²) >= 11 is 0. The molecule has 4 heteroatoms.